The molecule has 2 aromatic rings. The fourth-order valence-corrected chi connectivity index (χ4v) is 22.3. The van der Waals surface area contributed by atoms with E-state index in [2.05, 4.69) is 59.7 Å². The first-order valence-electron chi connectivity index (χ1n) is 17.0. The summed E-state index contributed by atoms with van der Waals surface area (Å²) in [4.78, 5) is 0. The van der Waals surface area contributed by atoms with Gasteiger partial charge in [0.2, 0.25) is 0 Å². The van der Waals surface area contributed by atoms with Crippen LogP contribution < -0.4 is 10.6 Å². The summed E-state index contributed by atoms with van der Waals surface area (Å²) in [7, 11) is -0.319. The van der Waals surface area contributed by atoms with Gasteiger partial charge in [-0.1, -0.05) is 49.5 Å². The third-order valence-electron chi connectivity index (χ3n) is 12.1. The molecule has 0 spiro atoms. The zero-order valence-electron chi connectivity index (χ0n) is 26.8. The van der Waals surface area contributed by atoms with Gasteiger partial charge in [-0.25, -0.2) is 12.1 Å². The largest absolute Gasteiger partial charge is 0.748 e. The van der Waals surface area contributed by atoms with Crippen molar-refractivity contribution in [1.29, 1.82) is 0 Å². The molecule has 2 aromatic carbocycles. The van der Waals surface area contributed by atoms with Gasteiger partial charge in [0, 0.05) is 17.1 Å². The predicted octanol–water partition coefficient (Wildman–Crippen LogP) is 10.6. The molecule has 0 aromatic heterocycles. The molecule has 0 heterocycles. The predicted molar refractivity (Wildman–Crippen MR) is 178 cm³/mol. The molecule has 8 aliphatic carbocycles. The standard InChI is InChI=1S/C33H51P2.C5H5.Fe/c1-30(2,3)34(31(4,5)6)28-8-7-9-29(28)35(32-16-22-10-23(17-32)12-24(11-22)18-32)33-19-25-13-26(20-33)15-27(14-25)21-33;1-2-4-5-3-1;/h7-9,22-27H,10-21H2,1-6H3;1-5H;/q-1;-5;. The molecule has 0 saturated heterocycles. The molecule has 8 bridgehead atoms. The number of rotatable bonds is 4. The Labute approximate surface area is 265 Å². The van der Waals surface area contributed by atoms with Crippen molar-refractivity contribution >= 4 is 26.5 Å². The first-order valence-corrected chi connectivity index (χ1v) is 19.7. The molecule has 8 saturated carbocycles. The van der Waals surface area contributed by atoms with E-state index in [1.165, 1.54) is 0 Å². The Morgan fingerprint density at radius 2 is 0.927 bits per heavy atom. The quantitative estimate of drug-likeness (QED) is 0.179. The average Bonchev–Trinajstić information content (AvgIpc) is 3.51. The van der Waals surface area contributed by atoms with Crippen LogP contribution in [0.25, 0.3) is 0 Å². The first-order chi connectivity index (χ1) is 18.9. The Hall–Kier alpha value is 0.0795. The molecule has 0 aliphatic heterocycles. The van der Waals surface area contributed by atoms with Gasteiger partial charge in [0.1, 0.15) is 0 Å². The van der Waals surface area contributed by atoms with E-state index in [1.807, 2.05) is 40.9 Å². The minimum atomic E-state index is -0.221. The Balaban J connectivity index is 0.000000458. The SMILES string of the molecule is CC(C)(C)P([c-]1cccc1P(C12CC3CC(CC(C3)C1)C2)C12CC3CC(CC(C3)C1)C2)C(C)(C)C.[Fe].[cH-]1[cH-][cH-][cH-][cH-]1. The van der Waals surface area contributed by atoms with E-state index in [-0.39, 0.29) is 32.9 Å². The molecule has 0 nitrogen and oxygen atoms in total. The van der Waals surface area contributed by atoms with Gasteiger partial charge in [0.05, 0.1) is 0 Å². The summed E-state index contributed by atoms with van der Waals surface area (Å²) >= 11 is 0. The molecule has 0 N–H and O–H groups in total. The normalized spacial score (nSPS) is 39.4. The van der Waals surface area contributed by atoms with Crippen LogP contribution in [0.15, 0.2) is 48.5 Å². The monoisotopic (exact) mass is 630 g/mol. The molecular weight excluding hydrogens is 574 g/mol. The van der Waals surface area contributed by atoms with Crippen LogP contribution in [-0.2, 0) is 17.1 Å². The second-order valence-corrected chi connectivity index (χ2v) is 24.4. The Bertz CT molecular complexity index is 1010. The summed E-state index contributed by atoms with van der Waals surface area (Å²) in [5, 5.41) is 5.92. The molecule has 232 valence electrons. The summed E-state index contributed by atoms with van der Waals surface area (Å²) in [6.07, 6.45) is 19.2. The Morgan fingerprint density at radius 3 is 1.22 bits per heavy atom. The minimum Gasteiger partial charge on any atom is -0.748 e. The second-order valence-electron chi connectivity index (χ2n) is 17.6. The van der Waals surface area contributed by atoms with Crippen LogP contribution in [0.2, 0.25) is 0 Å². The molecule has 0 amide bonds. The van der Waals surface area contributed by atoms with E-state index in [4.69, 9.17) is 0 Å². The van der Waals surface area contributed by atoms with Crippen LogP contribution in [0.4, 0.5) is 0 Å². The van der Waals surface area contributed by atoms with Gasteiger partial charge in [-0.3, -0.25) is 0 Å². The van der Waals surface area contributed by atoms with E-state index in [0.717, 1.165) is 35.5 Å². The van der Waals surface area contributed by atoms with E-state index in [9.17, 15) is 0 Å². The van der Waals surface area contributed by atoms with E-state index >= 15 is 0 Å². The topological polar surface area (TPSA) is 0 Å². The fourth-order valence-electron chi connectivity index (χ4n) is 12.5. The molecule has 3 heteroatoms. The Kier molecular flexibility index (Phi) is 8.45. The van der Waals surface area contributed by atoms with Gasteiger partial charge in [-0.2, -0.15) is 6.07 Å². The van der Waals surface area contributed by atoms with Crippen LogP contribution in [0.5, 0.6) is 0 Å². The Morgan fingerprint density at radius 1 is 0.610 bits per heavy atom. The van der Waals surface area contributed by atoms with E-state index < -0.39 is 0 Å². The van der Waals surface area contributed by atoms with Gasteiger partial charge in [-0.15, -0.1) is 18.5 Å². The molecule has 0 atom stereocenters. The van der Waals surface area contributed by atoms with E-state index in [1.54, 1.807) is 77.0 Å². The summed E-state index contributed by atoms with van der Waals surface area (Å²) in [6.45, 7) is 15.3. The van der Waals surface area contributed by atoms with Crippen LogP contribution >= 0.6 is 15.8 Å². The zero-order valence-corrected chi connectivity index (χ0v) is 29.7. The molecule has 41 heavy (non-hydrogen) atoms. The summed E-state index contributed by atoms with van der Waals surface area (Å²) in [6, 6.07) is 17.9. The van der Waals surface area contributed by atoms with Crippen molar-refractivity contribution in [3.63, 3.8) is 0 Å². The molecule has 0 radical (unpaired) electrons. The zero-order chi connectivity index (χ0) is 27.9. The number of hydrogen-bond acceptors (Lipinski definition) is 0. The molecule has 0 unspecified atom stereocenters. The van der Waals surface area contributed by atoms with Gasteiger partial charge in [0.25, 0.3) is 0 Å². The molecule has 8 fully saturated rings. The van der Waals surface area contributed by atoms with Gasteiger partial charge in [0.15, 0.2) is 0 Å². The van der Waals surface area contributed by atoms with Crippen molar-refractivity contribution < 1.29 is 17.1 Å². The van der Waals surface area contributed by atoms with Gasteiger partial charge in [-0.05, 0) is 133 Å². The average molecular weight is 631 g/mol. The third kappa shape index (κ3) is 5.69. The van der Waals surface area contributed by atoms with Gasteiger partial charge >= 0.3 is 0 Å². The second kappa shape index (κ2) is 11.2. The molecule has 8 aliphatic rings. The summed E-state index contributed by atoms with van der Waals surface area (Å²) in [5.74, 6) is 6.45. The van der Waals surface area contributed by atoms with Crippen LogP contribution in [-0.4, -0.2) is 20.6 Å². The van der Waals surface area contributed by atoms with Crippen molar-refractivity contribution in [2.75, 3.05) is 0 Å². The number of hydrogen-bond donors (Lipinski definition) is 0. The van der Waals surface area contributed by atoms with Crippen molar-refractivity contribution in [3.05, 3.63) is 48.5 Å². The van der Waals surface area contributed by atoms with E-state index in [0.29, 0.717) is 20.6 Å². The minimum absolute atomic E-state index is 0. The van der Waals surface area contributed by atoms with Gasteiger partial charge < -0.3 is 30.3 Å². The molecular formula is C38H56FeP2-6. The van der Waals surface area contributed by atoms with Crippen molar-refractivity contribution in [2.45, 2.75) is 139 Å². The van der Waals surface area contributed by atoms with Crippen molar-refractivity contribution in [1.82, 2.24) is 0 Å². The third-order valence-corrected chi connectivity index (χ3v) is 19.7. The van der Waals surface area contributed by atoms with Crippen molar-refractivity contribution in [3.8, 4) is 0 Å². The van der Waals surface area contributed by atoms with Crippen molar-refractivity contribution in [2.24, 2.45) is 35.5 Å². The summed E-state index contributed by atoms with van der Waals surface area (Å²) in [5.41, 5.74) is 0. The smallest absolute Gasteiger partial charge is 0 e. The van der Waals surface area contributed by atoms with Crippen LogP contribution in [0.3, 0.4) is 0 Å². The summed E-state index contributed by atoms with van der Waals surface area (Å²) < 4.78 is 0. The maximum Gasteiger partial charge on any atom is 0 e. The van der Waals surface area contributed by atoms with Crippen LogP contribution in [0, 0.1) is 35.5 Å². The molecule has 10 rings (SSSR count). The maximum absolute atomic E-state index is 2.73. The maximum atomic E-state index is 2.73. The first kappa shape index (κ1) is 31.1. The van der Waals surface area contributed by atoms with Crippen LogP contribution in [0.1, 0.15) is 119 Å². The fraction of sp³-hybridized carbons (Fsp3) is 0.737.